The number of carboxylic acids is 1. The lowest BCUT2D eigenvalue weighted by atomic mass is 10.0. The van der Waals surface area contributed by atoms with Gasteiger partial charge in [-0.2, -0.15) is 13.2 Å². The zero-order chi connectivity index (χ0) is 15.8. The summed E-state index contributed by atoms with van der Waals surface area (Å²) in [5, 5.41) is 9.05. The van der Waals surface area contributed by atoms with E-state index in [0.29, 0.717) is 11.6 Å². The molecule has 1 aliphatic rings. The number of hydrogen-bond donors (Lipinski definition) is 1. The SMILES string of the molecule is CC(C)C1CCCN1c1ccc(C(F)(F)F)c(C(=O)O)c1. The fraction of sp³-hybridized carbons (Fsp3) is 0.533. The van der Waals surface area contributed by atoms with Gasteiger partial charge in [0.2, 0.25) is 0 Å². The highest BCUT2D eigenvalue weighted by atomic mass is 19.4. The summed E-state index contributed by atoms with van der Waals surface area (Å²) >= 11 is 0. The van der Waals surface area contributed by atoms with Crippen LogP contribution in [0.4, 0.5) is 18.9 Å². The fourth-order valence-corrected chi connectivity index (χ4v) is 2.94. The summed E-state index contributed by atoms with van der Waals surface area (Å²) in [6, 6.07) is 3.62. The van der Waals surface area contributed by atoms with E-state index >= 15 is 0 Å². The summed E-state index contributed by atoms with van der Waals surface area (Å²) in [6.45, 7) is 4.86. The summed E-state index contributed by atoms with van der Waals surface area (Å²) in [5.41, 5.74) is -1.23. The Hall–Kier alpha value is -1.72. The third-order valence-corrected chi connectivity index (χ3v) is 3.94. The third kappa shape index (κ3) is 3.14. The topological polar surface area (TPSA) is 40.5 Å². The Kier molecular flexibility index (Phi) is 4.16. The molecule has 21 heavy (non-hydrogen) atoms. The number of nitrogens with zero attached hydrogens (tertiary/aromatic N) is 1. The molecule has 1 atom stereocenters. The molecule has 1 aromatic rings. The number of alkyl halides is 3. The normalized spacial score (nSPS) is 19.3. The first-order chi connectivity index (χ1) is 9.71. The van der Waals surface area contributed by atoms with E-state index < -0.39 is 23.3 Å². The number of benzene rings is 1. The van der Waals surface area contributed by atoms with E-state index in [1.54, 1.807) is 0 Å². The molecule has 0 spiro atoms. The Labute approximate surface area is 121 Å². The van der Waals surface area contributed by atoms with Crippen LogP contribution in [0.1, 0.15) is 42.6 Å². The third-order valence-electron chi connectivity index (χ3n) is 3.94. The maximum absolute atomic E-state index is 12.8. The maximum Gasteiger partial charge on any atom is 0.417 e. The van der Waals surface area contributed by atoms with Crippen molar-refractivity contribution in [2.45, 2.75) is 38.9 Å². The quantitative estimate of drug-likeness (QED) is 0.916. The fourth-order valence-electron chi connectivity index (χ4n) is 2.94. The number of rotatable bonds is 3. The molecule has 116 valence electrons. The van der Waals surface area contributed by atoms with Crippen LogP contribution in [0, 0.1) is 5.92 Å². The number of carbonyl (C=O) groups is 1. The van der Waals surface area contributed by atoms with Gasteiger partial charge in [-0.25, -0.2) is 4.79 Å². The molecule has 0 aromatic heterocycles. The molecule has 0 amide bonds. The second kappa shape index (κ2) is 5.58. The standard InChI is InChI=1S/C15H18F3NO2/c1-9(2)13-4-3-7-19(13)10-5-6-12(15(16,17)18)11(8-10)14(20)21/h5-6,8-9,13H,3-4,7H2,1-2H3,(H,20,21). The zero-order valence-corrected chi connectivity index (χ0v) is 11.9. The van der Waals surface area contributed by atoms with Crippen molar-refractivity contribution in [1.82, 2.24) is 0 Å². The molecule has 0 bridgehead atoms. The molecular weight excluding hydrogens is 283 g/mol. The van der Waals surface area contributed by atoms with E-state index in [1.165, 1.54) is 6.07 Å². The number of aromatic carboxylic acids is 1. The van der Waals surface area contributed by atoms with E-state index in [1.807, 2.05) is 4.90 Å². The summed E-state index contributed by atoms with van der Waals surface area (Å²) in [6.07, 6.45) is -2.72. The molecule has 1 aliphatic heterocycles. The molecule has 0 radical (unpaired) electrons. The van der Waals surface area contributed by atoms with E-state index in [9.17, 15) is 18.0 Å². The van der Waals surface area contributed by atoms with E-state index in [4.69, 9.17) is 5.11 Å². The van der Waals surface area contributed by atoms with E-state index in [-0.39, 0.29) is 6.04 Å². The Morgan fingerprint density at radius 2 is 2.05 bits per heavy atom. The second-order valence-corrected chi connectivity index (χ2v) is 5.68. The zero-order valence-electron chi connectivity index (χ0n) is 11.9. The van der Waals surface area contributed by atoms with Crippen molar-refractivity contribution in [3.8, 4) is 0 Å². The van der Waals surface area contributed by atoms with Crippen LogP contribution in [-0.4, -0.2) is 23.7 Å². The van der Waals surface area contributed by atoms with Crippen LogP contribution in [0.5, 0.6) is 0 Å². The van der Waals surface area contributed by atoms with Crippen LogP contribution in [-0.2, 0) is 6.18 Å². The van der Waals surface area contributed by atoms with Crippen molar-refractivity contribution in [2.24, 2.45) is 5.92 Å². The Balaban J connectivity index is 2.43. The van der Waals surface area contributed by atoms with Gasteiger partial charge in [0.05, 0.1) is 11.1 Å². The van der Waals surface area contributed by atoms with Crippen molar-refractivity contribution in [3.05, 3.63) is 29.3 Å². The maximum atomic E-state index is 12.8. The minimum absolute atomic E-state index is 0.239. The Bertz CT molecular complexity index is 540. The highest BCUT2D eigenvalue weighted by molar-refractivity contribution is 5.91. The van der Waals surface area contributed by atoms with Crippen LogP contribution in [0.15, 0.2) is 18.2 Å². The number of halogens is 3. The van der Waals surface area contributed by atoms with Gasteiger partial charge in [0.25, 0.3) is 0 Å². The van der Waals surface area contributed by atoms with Crippen molar-refractivity contribution in [2.75, 3.05) is 11.4 Å². The predicted molar refractivity (Wildman–Crippen MR) is 73.6 cm³/mol. The van der Waals surface area contributed by atoms with Gasteiger partial charge in [0.1, 0.15) is 0 Å². The van der Waals surface area contributed by atoms with E-state index in [0.717, 1.165) is 31.5 Å². The molecular formula is C15H18F3NO2. The van der Waals surface area contributed by atoms with Crippen LogP contribution in [0.3, 0.4) is 0 Å². The van der Waals surface area contributed by atoms with Gasteiger partial charge in [-0.3, -0.25) is 0 Å². The lowest BCUT2D eigenvalue weighted by Gasteiger charge is -2.30. The monoisotopic (exact) mass is 301 g/mol. The number of hydrogen-bond acceptors (Lipinski definition) is 2. The van der Waals surface area contributed by atoms with Gasteiger partial charge in [-0.1, -0.05) is 13.8 Å². The smallest absolute Gasteiger partial charge is 0.417 e. The molecule has 0 aliphatic carbocycles. The number of carboxylic acid groups (broad SMARTS) is 1. The Morgan fingerprint density at radius 1 is 1.38 bits per heavy atom. The molecule has 0 saturated carbocycles. The average Bonchev–Trinajstić information content (AvgIpc) is 2.86. The molecule has 2 rings (SSSR count). The van der Waals surface area contributed by atoms with Crippen LogP contribution < -0.4 is 4.90 Å². The van der Waals surface area contributed by atoms with Gasteiger partial charge in [-0.05, 0) is 37.0 Å². The molecule has 1 heterocycles. The molecule has 1 aromatic carbocycles. The molecule has 3 nitrogen and oxygen atoms in total. The van der Waals surface area contributed by atoms with Crippen molar-refractivity contribution in [3.63, 3.8) is 0 Å². The van der Waals surface area contributed by atoms with Gasteiger partial charge in [-0.15, -0.1) is 0 Å². The molecule has 1 fully saturated rings. The van der Waals surface area contributed by atoms with E-state index in [2.05, 4.69) is 13.8 Å². The van der Waals surface area contributed by atoms with Crippen LogP contribution in [0.25, 0.3) is 0 Å². The Morgan fingerprint density at radius 3 is 2.57 bits per heavy atom. The minimum Gasteiger partial charge on any atom is -0.478 e. The van der Waals surface area contributed by atoms with Crippen molar-refractivity contribution < 1.29 is 23.1 Å². The summed E-state index contributed by atoms with van der Waals surface area (Å²) in [4.78, 5) is 13.1. The second-order valence-electron chi connectivity index (χ2n) is 5.68. The van der Waals surface area contributed by atoms with Crippen LogP contribution >= 0.6 is 0 Å². The minimum atomic E-state index is -4.66. The first-order valence-corrected chi connectivity index (χ1v) is 6.93. The number of anilines is 1. The average molecular weight is 301 g/mol. The largest absolute Gasteiger partial charge is 0.478 e. The summed E-state index contributed by atoms with van der Waals surface area (Å²) in [5.74, 6) is -1.19. The summed E-state index contributed by atoms with van der Waals surface area (Å²) in [7, 11) is 0. The highest BCUT2D eigenvalue weighted by Gasteiger charge is 2.36. The van der Waals surface area contributed by atoms with Crippen molar-refractivity contribution in [1.29, 1.82) is 0 Å². The first-order valence-electron chi connectivity index (χ1n) is 6.93. The van der Waals surface area contributed by atoms with Gasteiger partial charge in [0.15, 0.2) is 0 Å². The lowest BCUT2D eigenvalue weighted by molar-refractivity contribution is -0.138. The highest BCUT2D eigenvalue weighted by Crippen LogP contribution is 2.36. The van der Waals surface area contributed by atoms with Gasteiger partial charge >= 0.3 is 12.1 Å². The molecule has 6 heteroatoms. The first kappa shape index (κ1) is 15.7. The molecule has 1 saturated heterocycles. The molecule has 1 N–H and O–H groups in total. The predicted octanol–water partition coefficient (Wildman–Crippen LogP) is 4.03. The lowest BCUT2D eigenvalue weighted by Crippen LogP contribution is -2.33. The van der Waals surface area contributed by atoms with Gasteiger partial charge in [0, 0.05) is 18.3 Å². The van der Waals surface area contributed by atoms with Crippen molar-refractivity contribution >= 4 is 11.7 Å². The van der Waals surface area contributed by atoms with Gasteiger partial charge < -0.3 is 10.0 Å². The summed E-state index contributed by atoms with van der Waals surface area (Å²) < 4.78 is 38.5. The molecule has 1 unspecified atom stereocenters. The van der Waals surface area contributed by atoms with Crippen LogP contribution in [0.2, 0.25) is 0 Å².